The lowest BCUT2D eigenvalue weighted by Gasteiger charge is -2.19. The summed E-state index contributed by atoms with van der Waals surface area (Å²) in [6.07, 6.45) is 6.70. The highest BCUT2D eigenvalue weighted by atomic mass is 16.4. The van der Waals surface area contributed by atoms with E-state index in [0.717, 1.165) is 23.7 Å². The minimum absolute atomic E-state index is 0.103. The van der Waals surface area contributed by atoms with Gasteiger partial charge in [-0.25, -0.2) is 9.78 Å². The second-order valence-electron chi connectivity index (χ2n) is 5.06. The first-order valence-corrected chi connectivity index (χ1v) is 5.74. The number of allylic oxidation sites excluding steroid dienone is 2. The van der Waals surface area contributed by atoms with Crippen LogP contribution in [0.15, 0.2) is 11.6 Å². The summed E-state index contributed by atoms with van der Waals surface area (Å²) in [7, 11) is 0. The molecular weight excluding hydrogens is 204 g/mol. The van der Waals surface area contributed by atoms with Crippen molar-refractivity contribution in [3.8, 4) is 0 Å². The molecule has 0 amide bonds. The van der Waals surface area contributed by atoms with E-state index in [2.05, 4.69) is 16.0 Å². The van der Waals surface area contributed by atoms with Crippen molar-refractivity contribution in [1.29, 1.82) is 0 Å². The fourth-order valence-electron chi connectivity index (χ4n) is 3.60. The van der Waals surface area contributed by atoms with Crippen LogP contribution in [0.4, 0.5) is 0 Å². The van der Waals surface area contributed by atoms with Crippen molar-refractivity contribution in [2.45, 2.75) is 31.1 Å². The van der Waals surface area contributed by atoms with Crippen molar-refractivity contribution in [2.75, 3.05) is 0 Å². The Labute approximate surface area is 92.4 Å². The number of aromatic carboxylic acids is 1. The Bertz CT molecular complexity index is 543. The molecule has 0 radical (unpaired) electrons. The summed E-state index contributed by atoms with van der Waals surface area (Å²) in [5.41, 5.74) is 3.71. The smallest absolute Gasteiger partial charge is 0.371 e. The number of imidazole rings is 1. The molecule has 4 nitrogen and oxygen atoms in total. The maximum Gasteiger partial charge on any atom is 0.371 e. The Balaban J connectivity index is 1.90. The van der Waals surface area contributed by atoms with E-state index in [1.807, 2.05) is 0 Å². The van der Waals surface area contributed by atoms with Crippen molar-refractivity contribution in [1.82, 2.24) is 9.97 Å². The molecule has 82 valence electrons. The number of aromatic nitrogens is 2. The molecule has 2 N–H and O–H groups in total. The van der Waals surface area contributed by atoms with E-state index in [4.69, 9.17) is 5.11 Å². The first-order chi connectivity index (χ1) is 7.72. The number of carboxylic acid groups (broad SMARTS) is 1. The fourth-order valence-corrected chi connectivity index (χ4v) is 3.60. The average molecular weight is 216 g/mol. The molecule has 0 aliphatic heterocycles. The number of hydrogen-bond donors (Lipinski definition) is 2. The number of nitrogens with one attached hydrogen (secondary N) is 1. The van der Waals surface area contributed by atoms with Crippen LogP contribution in [-0.4, -0.2) is 21.0 Å². The van der Waals surface area contributed by atoms with Gasteiger partial charge in [0.05, 0.1) is 5.69 Å². The highest BCUT2D eigenvalue weighted by Gasteiger charge is 2.63. The van der Waals surface area contributed by atoms with E-state index < -0.39 is 5.97 Å². The summed E-state index contributed by atoms with van der Waals surface area (Å²) < 4.78 is 0. The lowest BCUT2D eigenvalue weighted by Crippen LogP contribution is -2.16. The monoisotopic (exact) mass is 216 g/mol. The molecule has 1 aromatic heterocycles. The SMILES string of the molecule is O=C(O)c1nc2c([nH]1)CC=C1CCC3CC123. The highest BCUT2D eigenvalue weighted by Crippen LogP contribution is 2.68. The van der Waals surface area contributed by atoms with Crippen LogP contribution in [0.5, 0.6) is 0 Å². The number of carbonyl (C=O) groups is 1. The van der Waals surface area contributed by atoms with E-state index in [1.54, 1.807) is 0 Å². The second kappa shape index (κ2) is 2.39. The summed E-state index contributed by atoms with van der Waals surface area (Å²) in [5.74, 6) is -0.128. The van der Waals surface area contributed by atoms with Crippen molar-refractivity contribution in [2.24, 2.45) is 5.92 Å². The van der Waals surface area contributed by atoms with Gasteiger partial charge in [-0.05, 0) is 25.2 Å². The molecule has 2 fully saturated rings. The zero-order valence-electron chi connectivity index (χ0n) is 8.79. The Morgan fingerprint density at radius 3 is 3.25 bits per heavy atom. The van der Waals surface area contributed by atoms with Crippen LogP contribution < -0.4 is 0 Å². The zero-order valence-corrected chi connectivity index (χ0v) is 8.79. The molecule has 1 heterocycles. The maximum atomic E-state index is 10.9. The Hall–Kier alpha value is -1.58. The van der Waals surface area contributed by atoms with Crippen LogP contribution >= 0.6 is 0 Å². The van der Waals surface area contributed by atoms with Gasteiger partial charge >= 0.3 is 5.97 Å². The summed E-state index contributed by atoms with van der Waals surface area (Å²) in [6.45, 7) is 0. The standard InChI is InChI=1S/C12H12N2O2/c15-11(16)10-13-8-4-3-6-1-2-7-5-12(6,7)9(8)14-10/h3,7H,1-2,4-5H2,(H,13,14)(H,15,16). The molecule has 4 heteroatoms. The first kappa shape index (κ1) is 8.56. The van der Waals surface area contributed by atoms with Gasteiger partial charge in [0.15, 0.2) is 0 Å². The number of H-pyrrole nitrogens is 1. The van der Waals surface area contributed by atoms with Gasteiger partial charge < -0.3 is 10.1 Å². The van der Waals surface area contributed by atoms with E-state index in [1.165, 1.54) is 24.8 Å². The van der Waals surface area contributed by atoms with Crippen LogP contribution in [0.1, 0.15) is 41.3 Å². The third-order valence-electron chi connectivity index (χ3n) is 4.40. The minimum Gasteiger partial charge on any atom is -0.475 e. The molecule has 0 bridgehead atoms. The van der Waals surface area contributed by atoms with Gasteiger partial charge in [0.25, 0.3) is 0 Å². The fraction of sp³-hybridized carbons (Fsp3) is 0.500. The van der Waals surface area contributed by atoms with E-state index in [-0.39, 0.29) is 11.2 Å². The van der Waals surface area contributed by atoms with Crippen LogP contribution in [0, 0.1) is 5.92 Å². The number of carboxylic acids is 1. The first-order valence-electron chi connectivity index (χ1n) is 5.74. The maximum absolute atomic E-state index is 10.9. The predicted octanol–water partition coefficient (Wildman–Crippen LogP) is 1.64. The summed E-state index contributed by atoms with van der Waals surface area (Å²) in [5, 5.41) is 8.96. The molecule has 16 heavy (non-hydrogen) atoms. The number of nitrogens with zero attached hydrogens (tertiary/aromatic N) is 1. The van der Waals surface area contributed by atoms with Gasteiger partial charge in [0.2, 0.25) is 5.82 Å². The third-order valence-corrected chi connectivity index (χ3v) is 4.40. The number of hydrogen-bond acceptors (Lipinski definition) is 2. The molecule has 4 rings (SSSR count). The average Bonchev–Trinajstić information content (AvgIpc) is 2.70. The van der Waals surface area contributed by atoms with Gasteiger partial charge in [-0.2, -0.15) is 0 Å². The minimum atomic E-state index is -0.956. The van der Waals surface area contributed by atoms with Crippen molar-refractivity contribution >= 4 is 5.97 Å². The normalized spacial score (nSPS) is 33.8. The molecule has 0 aromatic carbocycles. The van der Waals surface area contributed by atoms with Crippen molar-refractivity contribution in [3.63, 3.8) is 0 Å². The Morgan fingerprint density at radius 1 is 1.62 bits per heavy atom. The van der Waals surface area contributed by atoms with Crippen molar-refractivity contribution < 1.29 is 9.90 Å². The van der Waals surface area contributed by atoms with Crippen molar-refractivity contribution in [3.05, 3.63) is 28.9 Å². The summed E-state index contributed by atoms with van der Waals surface area (Å²) in [6, 6.07) is 0. The molecule has 1 aromatic rings. The van der Waals surface area contributed by atoms with Gasteiger partial charge in [0, 0.05) is 17.5 Å². The van der Waals surface area contributed by atoms with Gasteiger partial charge in [-0.3, -0.25) is 0 Å². The molecule has 3 aliphatic carbocycles. The molecule has 2 unspecified atom stereocenters. The van der Waals surface area contributed by atoms with Gasteiger partial charge in [-0.15, -0.1) is 0 Å². The molecule has 3 aliphatic rings. The summed E-state index contributed by atoms with van der Waals surface area (Å²) >= 11 is 0. The van der Waals surface area contributed by atoms with E-state index >= 15 is 0 Å². The topological polar surface area (TPSA) is 66.0 Å². The molecule has 2 saturated carbocycles. The van der Waals surface area contributed by atoms with Crippen LogP contribution in [-0.2, 0) is 11.8 Å². The van der Waals surface area contributed by atoms with Crippen LogP contribution in [0.3, 0.4) is 0 Å². The second-order valence-corrected chi connectivity index (χ2v) is 5.06. The van der Waals surface area contributed by atoms with Gasteiger partial charge in [-0.1, -0.05) is 11.6 Å². The number of rotatable bonds is 1. The molecule has 1 spiro atoms. The Morgan fingerprint density at radius 2 is 2.50 bits per heavy atom. The van der Waals surface area contributed by atoms with Gasteiger partial charge in [0.1, 0.15) is 0 Å². The highest BCUT2D eigenvalue weighted by molar-refractivity contribution is 5.83. The predicted molar refractivity (Wildman–Crippen MR) is 56.4 cm³/mol. The van der Waals surface area contributed by atoms with E-state index in [9.17, 15) is 4.79 Å². The molecule has 2 atom stereocenters. The van der Waals surface area contributed by atoms with Crippen LogP contribution in [0.25, 0.3) is 0 Å². The molecular formula is C12H12N2O2. The summed E-state index contributed by atoms with van der Waals surface area (Å²) in [4.78, 5) is 18.2. The zero-order chi connectivity index (χ0) is 10.9. The number of aromatic amines is 1. The lowest BCUT2D eigenvalue weighted by atomic mass is 9.86. The Kier molecular flexibility index (Phi) is 1.28. The quantitative estimate of drug-likeness (QED) is 0.701. The van der Waals surface area contributed by atoms with E-state index in [0.29, 0.717) is 0 Å². The number of fused-ring (bicyclic) bond motifs is 1. The largest absolute Gasteiger partial charge is 0.475 e. The third kappa shape index (κ3) is 0.785. The lowest BCUT2D eigenvalue weighted by molar-refractivity contribution is 0.0684. The molecule has 0 saturated heterocycles. The van der Waals surface area contributed by atoms with Crippen LogP contribution in [0.2, 0.25) is 0 Å².